The highest BCUT2D eigenvalue weighted by Gasteiger charge is 2.39. The minimum Gasteiger partial charge on any atom is -0.462 e. The standard InChI is InChI=1S/C20H25N5O3/c1-24-4-6-25(7-5-24)20(27)14-11-28-18-10-21-17(9-13(14)18)19(26)23-16-8-12-2-3-15(16)22-12/h9-12,15-16,22H,2-8H2,1H3,(H,23,26)/t12-,15+,16-/m1/s1. The highest BCUT2D eigenvalue weighted by molar-refractivity contribution is 6.07. The van der Waals surface area contributed by atoms with Gasteiger partial charge in [0.25, 0.3) is 11.8 Å². The SMILES string of the molecule is CN1CCN(C(=O)c2coc3cnc(C(=O)N[C@@H]4C[C@H]5CC[C@@H]4N5)cc23)CC1. The quantitative estimate of drug-likeness (QED) is 0.816. The summed E-state index contributed by atoms with van der Waals surface area (Å²) in [5.41, 5.74) is 1.34. The van der Waals surface area contributed by atoms with Gasteiger partial charge in [0, 0.05) is 49.7 Å². The van der Waals surface area contributed by atoms with Crippen molar-refractivity contribution in [3.63, 3.8) is 0 Å². The predicted octanol–water partition coefficient (Wildman–Crippen LogP) is 0.838. The number of pyridine rings is 1. The highest BCUT2D eigenvalue weighted by atomic mass is 16.3. The summed E-state index contributed by atoms with van der Waals surface area (Å²) in [6.45, 7) is 3.10. The topological polar surface area (TPSA) is 90.7 Å². The van der Waals surface area contributed by atoms with Gasteiger partial charge in [-0.15, -0.1) is 0 Å². The molecule has 3 saturated heterocycles. The van der Waals surface area contributed by atoms with Crippen LogP contribution in [-0.4, -0.2) is 78.0 Å². The average Bonchev–Trinajstić information content (AvgIpc) is 3.43. The van der Waals surface area contributed by atoms with Gasteiger partial charge < -0.3 is 24.9 Å². The molecule has 0 radical (unpaired) electrons. The van der Waals surface area contributed by atoms with Gasteiger partial charge >= 0.3 is 0 Å². The number of rotatable bonds is 3. The summed E-state index contributed by atoms with van der Waals surface area (Å²) in [6, 6.07) is 2.71. The molecular formula is C20H25N5O3. The number of fused-ring (bicyclic) bond motifs is 3. The van der Waals surface area contributed by atoms with Crippen LogP contribution >= 0.6 is 0 Å². The van der Waals surface area contributed by atoms with E-state index in [2.05, 4.69) is 27.6 Å². The molecule has 2 bridgehead atoms. The molecule has 0 saturated carbocycles. The number of hydrogen-bond donors (Lipinski definition) is 2. The number of aromatic nitrogens is 1. The Morgan fingerprint density at radius 3 is 2.79 bits per heavy atom. The Kier molecular flexibility index (Phi) is 4.32. The number of carbonyl (C=O) groups excluding carboxylic acids is 2. The second kappa shape index (κ2) is 6.86. The number of carbonyl (C=O) groups is 2. The van der Waals surface area contributed by atoms with Crippen molar-refractivity contribution in [3.05, 3.63) is 29.8 Å². The number of hydrogen-bond acceptors (Lipinski definition) is 6. The van der Waals surface area contributed by atoms with Gasteiger partial charge in [-0.1, -0.05) is 0 Å². The fourth-order valence-electron chi connectivity index (χ4n) is 4.63. The van der Waals surface area contributed by atoms with Crippen LogP contribution in [0.25, 0.3) is 11.0 Å². The molecule has 2 aromatic rings. The number of likely N-dealkylation sites (N-methyl/N-ethyl adjacent to an activating group) is 1. The fraction of sp³-hybridized carbons (Fsp3) is 0.550. The number of piperazine rings is 1. The van der Waals surface area contributed by atoms with E-state index < -0.39 is 0 Å². The van der Waals surface area contributed by atoms with Gasteiger partial charge in [-0.05, 0) is 32.4 Å². The third kappa shape index (κ3) is 3.06. The van der Waals surface area contributed by atoms with Crippen LogP contribution in [0.1, 0.15) is 40.1 Å². The predicted molar refractivity (Wildman–Crippen MR) is 103 cm³/mol. The lowest BCUT2D eigenvalue weighted by Gasteiger charge is -2.32. The van der Waals surface area contributed by atoms with Crippen molar-refractivity contribution in [1.29, 1.82) is 0 Å². The average molecular weight is 383 g/mol. The van der Waals surface area contributed by atoms with Crippen molar-refractivity contribution in [3.8, 4) is 0 Å². The summed E-state index contributed by atoms with van der Waals surface area (Å²) in [7, 11) is 2.05. The molecule has 8 heteroatoms. The molecule has 5 heterocycles. The van der Waals surface area contributed by atoms with E-state index in [4.69, 9.17) is 4.42 Å². The lowest BCUT2D eigenvalue weighted by molar-refractivity contribution is 0.0665. The lowest BCUT2D eigenvalue weighted by atomic mass is 9.95. The van der Waals surface area contributed by atoms with Crippen LogP contribution in [0.2, 0.25) is 0 Å². The van der Waals surface area contributed by atoms with E-state index in [0.717, 1.165) is 25.9 Å². The number of furan rings is 1. The van der Waals surface area contributed by atoms with E-state index in [1.165, 1.54) is 18.9 Å². The maximum atomic E-state index is 12.9. The molecule has 3 atom stereocenters. The summed E-state index contributed by atoms with van der Waals surface area (Å²) in [4.78, 5) is 34.0. The van der Waals surface area contributed by atoms with Crippen LogP contribution in [0.4, 0.5) is 0 Å². The summed E-state index contributed by atoms with van der Waals surface area (Å²) in [5, 5.41) is 7.27. The van der Waals surface area contributed by atoms with E-state index >= 15 is 0 Å². The van der Waals surface area contributed by atoms with Crippen LogP contribution in [0.5, 0.6) is 0 Å². The van der Waals surface area contributed by atoms with E-state index in [-0.39, 0.29) is 17.9 Å². The maximum Gasteiger partial charge on any atom is 0.270 e. The van der Waals surface area contributed by atoms with Gasteiger partial charge in [0.1, 0.15) is 12.0 Å². The van der Waals surface area contributed by atoms with E-state index in [0.29, 0.717) is 47.4 Å². The van der Waals surface area contributed by atoms with Crippen molar-refractivity contribution >= 4 is 22.8 Å². The summed E-state index contributed by atoms with van der Waals surface area (Å²) in [5.74, 6) is -0.248. The first-order valence-electron chi connectivity index (χ1n) is 10.0. The first-order chi connectivity index (χ1) is 13.6. The third-order valence-corrected chi connectivity index (χ3v) is 6.33. The van der Waals surface area contributed by atoms with Crippen molar-refractivity contribution in [2.24, 2.45) is 0 Å². The maximum absolute atomic E-state index is 12.9. The van der Waals surface area contributed by atoms with Gasteiger partial charge in [0.15, 0.2) is 5.58 Å². The van der Waals surface area contributed by atoms with Gasteiger partial charge in [-0.3, -0.25) is 9.59 Å². The van der Waals surface area contributed by atoms with E-state index in [1.54, 1.807) is 6.07 Å². The molecular weight excluding hydrogens is 358 g/mol. The molecule has 3 aliphatic rings. The zero-order valence-corrected chi connectivity index (χ0v) is 16.0. The van der Waals surface area contributed by atoms with Crippen LogP contribution in [0.15, 0.2) is 22.9 Å². The van der Waals surface area contributed by atoms with Crippen molar-refractivity contribution in [2.45, 2.75) is 37.4 Å². The normalized spacial score (nSPS) is 27.5. The van der Waals surface area contributed by atoms with Crippen molar-refractivity contribution < 1.29 is 14.0 Å². The highest BCUT2D eigenvalue weighted by Crippen LogP contribution is 2.28. The molecule has 3 fully saturated rings. The van der Waals surface area contributed by atoms with Crippen molar-refractivity contribution in [2.75, 3.05) is 33.2 Å². The monoisotopic (exact) mass is 383 g/mol. The van der Waals surface area contributed by atoms with E-state index in [1.807, 2.05) is 4.90 Å². The van der Waals surface area contributed by atoms with Gasteiger partial charge in [-0.25, -0.2) is 4.98 Å². The Morgan fingerprint density at radius 2 is 2.07 bits per heavy atom. The first-order valence-corrected chi connectivity index (χ1v) is 10.0. The van der Waals surface area contributed by atoms with Gasteiger partial charge in [0.05, 0.1) is 11.8 Å². The zero-order valence-electron chi connectivity index (χ0n) is 16.0. The Balaban J connectivity index is 1.36. The van der Waals surface area contributed by atoms with Gasteiger partial charge in [0.2, 0.25) is 0 Å². The second-order valence-corrected chi connectivity index (χ2v) is 8.17. The Morgan fingerprint density at radius 1 is 1.25 bits per heavy atom. The molecule has 8 nitrogen and oxygen atoms in total. The first kappa shape index (κ1) is 17.6. The number of nitrogens with zero attached hydrogens (tertiary/aromatic N) is 3. The molecule has 2 aromatic heterocycles. The molecule has 0 aliphatic carbocycles. The summed E-state index contributed by atoms with van der Waals surface area (Å²) in [6.07, 6.45) is 6.28. The minimum absolute atomic E-state index is 0.0540. The lowest BCUT2D eigenvalue weighted by Crippen LogP contribution is -2.47. The third-order valence-electron chi connectivity index (χ3n) is 6.33. The Bertz CT molecular complexity index is 918. The molecule has 2 amide bonds. The largest absolute Gasteiger partial charge is 0.462 e. The van der Waals surface area contributed by atoms with E-state index in [9.17, 15) is 9.59 Å². The molecule has 5 rings (SSSR count). The molecule has 0 aromatic carbocycles. The minimum atomic E-state index is -0.194. The Labute approximate surface area is 163 Å². The van der Waals surface area contributed by atoms with Gasteiger partial charge in [-0.2, -0.15) is 0 Å². The fourth-order valence-corrected chi connectivity index (χ4v) is 4.63. The van der Waals surface area contributed by atoms with Crippen LogP contribution < -0.4 is 10.6 Å². The number of amides is 2. The molecule has 148 valence electrons. The number of nitrogens with one attached hydrogen (secondary N) is 2. The summed E-state index contributed by atoms with van der Waals surface area (Å²) < 4.78 is 5.53. The molecule has 28 heavy (non-hydrogen) atoms. The van der Waals surface area contributed by atoms with Crippen LogP contribution in [0, 0.1) is 0 Å². The molecule has 0 unspecified atom stereocenters. The van der Waals surface area contributed by atoms with Crippen LogP contribution in [0.3, 0.4) is 0 Å². The Hall–Kier alpha value is -2.45. The smallest absolute Gasteiger partial charge is 0.270 e. The molecule has 3 aliphatic heterocycles. The van der Waals surface area contributed by atoms with Crippen molar-refractivity contribution in [1.82, 2.24) is 25.4 Å². The molecule has 2 N–H and O–H groups in total. The zero-order chi connectivity index (χ0) is 19.3. The van der Waals surface area contributed by atoms with Crippen LogP contribution in [-0.2, 0) is 0 Å². The summed E-state index contributed by atoms with van der Waals surface area (Å²) >= 11 is 0. The second-order valence-electron chi connectivity index (χ2n) is 8.17. The molecule has 0 spiro atoms.